The van der Waals surface area contributed by atoms with Crippen molar-refractivity contribution in [1.29, 1.82) is 0 Å². The van der Waals surface area contributed by atoms with Crippen LogP contribution in [0.1, 0.15) is 16.8 Å². The second-order valence-electron chi connectivity index (χ2n) is 8.87. The van der Waals surface area contributed by atoms with Crippen LogP contribution in [0.2, 0.25) is 0 Å². The van der Waals surface area contributed by atoms with Gasteiger partial charge in [0.05, 0.1) is 30.9 Å². The van der Waals surface area contributed by atoms with Crippen molar-refractivity contribution in [1.82, 2.24) is 24.8 Å². The molecule has 1 unspecified atom stereocenters. The third-order valence-electron chi connectivity index (χ3n) is 6.44. The summed E-state index contributed by atoms with van der Waals surface area (Å²) in [5.74, 6) is 0.701. The molecule has 0 radical (unpaired) electrons. The summed E-state index contributed by atoms with van der Waals surface area (Å²) in [5.41, 5.74) is 3.26. The molecule has 1 aliphatic heterocycles. The third-order valence-corrected chi connectivity index (χ3v) is 6.44. The van der Waals surface area contributed by atoms with Crippen LogP contribution in [-0.2, 0) is 0 Å². The maximum atomic E-state index is 13.5. The quantitative estimate of drug-likeness (QED) is 0.434. The van der Waals surface area contributed by atoms with E-state index in [9.17, 15) is 9.18 Å². The molecule has 0 saturated carbocycles. The van der Waals surface area contributed by atoms with Gasteiger partial charge in [-0.2, -0.15) is 0 Å². The summed E-state index contributed by atoms with van der Waals surface area (Å²) in [6.45, 7) is 1.86. The number of fused-ring (bicyclic) bond motifs is 1. The minimum atomic E-state index is -0.303. The zero-order valence-electron chi connectivity index (χ0n) is 19.9. The fraction of sp³-hybridized carbons (Fsp3) is 0.269. The summed E-state index contributed by atoms with van der Waals surface area (Å²) >= 11 is 0. The molecule has 180 valence electrons. The highest BCUT2D eigenvalue weighted by molar-refractivity contribution is 5.95. The lowest BCUT2D eigenvalue weighted by molar-refractivity contribution is 0.0737. The SMILES string of the molecule is COc1cc(C(=O)N(C)C2CCN(C)C2)ccc1Nc1cncc(-c2cc3ccc(F)cc3[nH]2)n1. The summed E-state index contributed by atoms with van der Waals surface area (Å²) in [6.07, 6.45) is 4.21. The minimum Gasteiger partial charge on any atom is -0.495 e. The number of methoxy groups -OCH3 is 1. The Kier molecular flexibility index (Phi) is 6.08. The number of halogens is 1. The third kappa shape index (κ3) is 4.67. The fourth-order valence-corrected chi connectivity index (χ4v) is 4.46. The van der Waals surface area contributed by atoms with E-state index >= 15 is 0 Å². The first-order chi connectivity index (χ1) is 16.9. The van der Waals surface area contributed by atoms with E-state index in [4.69, 9.17) is 4.74 Å². The standard InChI is InChI=1S/C26H27FN6O2/c1-32-9-8-19(15-32)33(2)26(34)17-5-7-20(24(11-17)35-3)30-25-14-28-13-23(31-25)22-10-16-4-6-18(27)12-21(16)29-22/h4-7,10-14,19,29H,8-9,15H2,1-3H3,(H,30,31). The van der Waals surface area contributed by atoms with Crippen LogP contribution < -0.4 is 10.1 Å². The first-order valence-electron chi connectivity index (χ1n) is 11.4. The number of hydrogen-bond donors (Lipinski definition) is 2. The zero-order valence-corrected chi connectivity index (χ0v) is 19.9. The number of carbonyl (C=O) groups is 1. The van der Waals surface area contributed by atoms with Gasteiger partial charge in [0.25, 0.3) is 5.91 Å². The molecule has 9 heteroatoms. The molecule has 2 aromatic carbocycles. The maximum absolute atomic E-state index is 13.5. The van der Waals surface area contributed by atoms with E-state index in [-0.39, 0.29) is 17.8 Å². The highest BCUT2D eigenvalue weighted by atomic mass is 19.1. The average Bonchev–Trinajstić information content (AvgIpc) is 3.49. The van der Waals surface area contributed by atoms with Crippen LogP contribution in [0.15, 0.2) is 54.9 Å². The molecule has 2 N–H and O–H groups in total. The number of ether oxygens (including phenoxy) is 1. The Balaban J connectivity index is 1.36. The zero-order chi connectivity index (χ0) is 24.5. The van der Waals surface area contributed by atoms with E-state index in [1.54, 1.807) is 43.8 Å². The number of rotatable bonds is 6. The molecule has 3 heterocycles. The molecule has 35 heavy (non-hydrogen) atoms. The Hall–Kier alpha value is -3.98. The molecular formula is C26H27FN6O2. The van der Waals surface area contributed by atoms with E-state index in [1.165, 1.54) is 12.1 Å². The molecule has 0 bridgehead atoms. The number of likely N-dealkylation sites (N-methyl/N-ethyl adjacent to an activating group) is 2. The largest absolute Gasteiger partial charge is 0.495 e. The van der Waals surface area contributed by atoms with Crippen LogP contribution in [0.3, 0.4) is 0 Å². The van der Waals surface area contributed by atoms with Gasteiger partial charge in [-0.1, -0.05) is 0 Å². The van der Waals surface area contributed by atoms with Crippen molar-refractivity contribution in [3.05, 3.63) is 66.2 Å². The highest BCUT2D eigenvalue weighted by Crippen LogP contribution is 2.30. The van der Waals surface area contributed by atoms with Crippen molar-refractivity contribution in [3.63, 3.8) is 0 Å². The minimum absolute atomic E-state index is 0.0350. The Morgan fingerprint density at radius 3 is 2.86 bits per heavy atom. The van der Waals surface area contributed by atoms with Gasteiger partial charge in [-0.15, -0.1) is 0 Å². The number of hydrogen-bond acceptors (Lipinski definition) is 6. The number of aromatic nitrogens is 3. The van der Waals surface area contributed by atoms with Crippen molar-refractivity contribution in [3.8, 4) is 17.1 Å². The molecule has 8 nitrogen and oxygen atoms in total. The molecule has 2 aromatic heterocycles. The predicted octanol–water partition coefficient (Wildman–Crippen LogP) is 4.29. The summed E-state index contributed by atoms with van der Waals surface area (Å²) < 4.78 is 19.1. The Bertz CT molecular complexity index is 1390. The smallest absolute Gasteiger partial charge is 0.254 e. The average molecular weight is 475 g/mol. The van der Waals surface area contributed by atoms with Gasteiger partial charge in [0.1, 0.15) is 23.1 Å². The number of anilines is 2. The van der Waals surface area contributed by atoms with Gasteiger partial charge in [0.15, 0.2) is 0 Å². The lowest BCUT2D eigenvalue weighted by Gasteiger charge is -2.25. The normalized spacial score (nSPS) is 15.9. The van der Waals surface area contributed by atoms with Gasteiger partial charge in [-0.25, -0.2) is 9.37 Å². The summed E-state index contributed by atoms with van der Waals surface area (Å²) in [7, 11) is 5.48. The number of nitrogens with one attached hydrogen (secondary N) is 2. The van der Waals surface area contributed by atoms with Gasteiger partial charge in [0.2, 0.25) is 0 Å². The Labute approximate surface area is 202 Å². The lowest BCUT2D eigenvalue weighted by atomic mass is 10.1. The van der Waals surface area contributed by atoms with Crippen molar-refractivity contribution in [2.45, 2.75) is 12.5 Å². The predicted molar refractivity (Wildman–Crippen MR) is 134 cm³/mol. The first kappa shape index (κ1) is 22.8. The number of likely N-dealkylation sites (tertiary alicyclic amines) is 1. The first-order valence-corrected chi connectivity index (χ1v) is 11.4. The number of H-pyrrole nitrogens is 1. The van der Waals surface area contributed by atoms with Crippen LogP contribution in [-0.4, -0.2) is 71.0 Å². The van der Waals surface area contributed by atoms with Crippen molar-refractivity contribution < 1.29 is 13.9 Å². The maximum Gasteiger partial charge on any atom is 0.254 e. The molecule has 1 saturated heterocycles. The van der Waals surface area contributed by atoms with E-state index in [1.807, 2.05) is 18.0 Å². The molecule has 1 fully saturated rings. The molecule has 1 aliphatic rings. The molecule has 4 aromatic rings. The van der Waals surface area contributed by atoms with Gasteiger partial charge < -0.3 is 24.8 Å². The molecule has 1 atom stereocenters. The lowest BCUT2D eigenvalue weighted by Crippen LogP contribution is -2.38. The van der Waals surface area contributed by atoms with Crippen LogP contribution in [0, 0.1) is 5.82 Å². The molecule has 0 spiro atoms. The van der Waals surface area contributed by atoms with E-state index in [0.717, 1.165) is 30.6 Å². The highest BCUT2D eigenvalue weighted by Gasteiger charge is 2.27. The summed E-state index contributed by atoms with van der Waals surface area (Å²) in [5, 5.41) is 4.12. The van der Waals surface area contributed by atoms with Crippen molar-refractivity contribution >= 4 is 28.3 Å². The number of carbonyl (C=O) groups excluding carboxylic acids is 1. The number of benzene rings is 2. The molecule has 1 amide bonds. The van der Waals surface area contributed by atoms with Crippen LogP contribution in [0.4, 0.5) is 15.9 Å². The Morgan fingerprint density at radius 2 is 2.09 bits per heavy atom. The van der Waals surface area contributed by atoms with E-state index in [0.29, 0.717) is 34.0 Å². The van der Waals surface area contributed by atoms with Crippen LogP contribution >= 0.6 is 0 Å². The monoisotopic (exact) mass is 474 g/mol. The summed E-state index contributed by atoms with van der Waals surface area (Å²) in [4.78, 5) is 29.2. The molecular weight excluding hydrogens is 447 g/mol. The topological polar surface area (TPSA) is 86.4 Å². The summed E-state index contributed by atoms with van der Waals surface area (Å²) in [6, 6.07) is 12.0. The Morgan fingerprint density at radius 1 is 1.23 bits per heavy atom. The fourth-order valence-electron chi connectivity index (χ4n) is 4.46. The van der Waals surface area contributed by atoms with Crippen molar-refractivity contribution in [2.24, 2.45) is 0 Å². The number of aromatic amines is 1. The number of amides is 1. The van der Waals surface area contributed by atoms with Gasteiger partial charge in [-0.3, -0.25) is 9.78 Å². The second kappa shape index (κ2) is 9.34. The van der Waals surface area contributed by atoms with Crippen molar-refractivity contribution in [2.75, 3.05) is 39.6 Å². The van der Waals surface area contributed by atoms with Crippen LogP contribution in [0.5, 0.6) is 5.75 Å². The molecule has 0 aliphatic carbocycles. The van der Waals surface area contributed by atoms with Gasteiger partial charge >= 0.3 is 0 Å². The van der Waals surface area contributed by atoms with Gasteiger partial charge in [-0.05, 0) is 62.5 Å². The van der Waals surface area contributed by atoms with Gasteiger partial charge in [0, 0.05) is 36.1 Å². The van der Waals surface area contributed by atoms with E-state index in [2.05, 4.69) is 32.2 Å². The van der Waals surface area contributed by atoms with E-state index < -0.39 is 0 Å². The van der Waals surface area contributed by atoms with Crippen LogP contribution in [0.25, 0.3) is 22.3 Å². The number of nitrogens with zero attached hydrogens (tertiary/aromatic N) is 4. The second-order valence-corrected chi connectivity index (χ2v) is 8.87. The molecule has 5 rings (SSSR count).